The minimum Gasteiger partial charge on any atom is -0.402 e. The summed E-state index contributed by atoms with van der Waals surface area (Å²) >= 11 is 0. The first kappa shape index (κ1) is 9.33. The van der Waals surface area contributed by atoms with E-state index < -0.39 is 0 Å². The van der Waals surface area contributed by atoms with Crippen molar-refractivity contribution in [1.82, 2.24) is 0 Å². The molecule has 12 heavy (non-hydrogen) atoms. The maximum atomic E-state index is 6.20. The van der Waals surface area contributed by atoms with Crippen LogP contribution in [0.15, 0.2) is 23.9 Å². The number of nitrogens with two attached hydrogens (primary N) is 2. The van der Waals surface area contributed by atoms with Gasteiger partial charge in [-0.2, -0.15) is 0 Å². The van der Waals surface area contributed by atoms with Gasteiger partial charge in [0.25, 0.3) is 0 Å². The second-order valence-corrected chi connectivity index (χ2v) is 3.45. The van der Waals surface area contributed by atoms with Crippen LogP contribution in [0, 0.1) is 5.92 Å². The molecular weight excluding hydrogens is 148 g/mol. The van der Waals surface area contributed by atoms with Gasteiger partial charge in [-0.1, -0.05) is 26.0 Å². The van der Waals surface area contributed by atoms with Crippen LogP contribution >= 0.6 is 0 Å². The van der Waals surface area contributed by atoms with Crippen LogP contribution < -0.4 is 11.5 Å². The topological polar surface area (TPSA) is 52.0 Å². The SMILES string of the molecule is CCC1C(N)=CC=CC1(N)CC. The molecule has 0 aromatic carbocycles. The first-order valence-electron chi connectivity index (χ1n) is 4.57. The third-order valence-electron chi connectivity index (χ3n) is 2.77. The summed E-state index contributed by atoms with van der Waals surface area (Å²) in [5.41, 5.74) is 12.8. The quantitative estimate of drug-likeness (QED) is 0.653. The highest BCUT2D eigenvalue weighted by Gasteiger charge is 2.32. The summed E-state index contributed by atoms with van der Waals surface area (Å²) < 4.78 is 0. The number of hydrogen-bond donors (Lipinski definition) is 2. The maximum Gasteiger partial charge on any atom is 0.0423 e. The van der Waals surface area contributed by atoms with Gasteiger partial charge in [-0.3, -0.25) is 0 Å². The van der Waals surface area contributed by atoms with Crippen molar-refractivity contribution in [2.24, 2.45) is 17.4 Å². The van der Waals surface area contributed by atoms with Crippen LogP contribution in [0.25, 0.3) is 0 Å². The minimum atomic E-state index is -0.215. The summed E-state index contributed by atoms with van der Waals surface area (Å²) in [6.07, 6.45) is 7.94. The van der Waals surface area contributed by atoms with E-state index in [4.69, 9.17) is 11.5 Å². The second kappa shape index (κ2) is 3.31. The summed E-state index contributed by atoms with van der Waals surface area (Å²) in [7, 11) is 0. The van der Waals surface area contributed by atoms with E-state index in [2.05, 4.69) is 19.9 Å². The molecule has 68 valence electrons. The molecule has 0 radical (unpaired) electrons. The van der Waals surface area contributed by atoms with Crippen molar-refractivity contribution < 1.29 is 0 Å². The Hall–Kier alpha value is -0.760. The highest BCUT2D eigenvalue weighted by molar-refractivity contribution is 5.28. The average molecular weight is 166 g/mol. The third kappa shape index (κ3) is 1.39. The zero-order valence-electron chi connectivity index (χ0n) is 7.88. The van der Waals surface area contributed by atoms with Gasteiger partial charge in [0, 0.05) is 17.2 Å². The molecule has 0 aromatic heterocycles. The van der Waals surface area contributed by atoms with Crippen molar-refractivity contribution in [2.75, 3.05) is 0 Å². The second-order valence-electron chi connectivity index (χ2n) is 3.45. The van der Waals surface area contributed by atoms with Crippen LogP contribution in [0.5, 0.6) is 0 Å². The highest BCUT2D eigenvalue weighted by Crippen LogP contribution is 2.30. The zero-order chi connectivity index (χ0) is 9.19. The van der Waals surface area contributed by atoms with Crippen molar-refractivity contribution in [1.29, 1.82) is 0 Å². The molecule has 0 aliphatic heterocycles. The fourth-order valence-corrected chi connectivity index (χ4v) is 1.86. The van der Waals surface area contributed by atoms with Gasteiger partial charge in [-0.15, -0.1) is 0 Å². The summed E-state index contributed by atoms with van der Waals surface area (Å²) in [6, 6.07) is 0. The standard InChI is InChI=1S/C10H18N2/c1-3-8-9(11)6-5-7-10(8,12)4-2/h5-8H,3-4,11-12H2,1-2H3. The Morgan fingerprint density at radius 2 is 2.17 bits per heavy atom. The highest BCUT2D eigenvalue weighted by atomic mass is 14.8. The lowest BCUT2D eigenvalue weighted by Crippen LogP contribution is -2.47. The van der Waals surface area contributed by atoms with Crippen molar-refractivity contribution in [3.05, 3.63) is 23.9 Å². The van der Waals surface area contributed by atoms with Gasteiger partial charge in [0.2, 0.25) is 0 Å². The van der Waals surface area contributed by atoms with E-state index in [0.717, 1.165) is 18.5 Å². The molecule has 0 heterocycles. The van der Waals surface area contributed by atoms with Gasteiger partial charge >= 0.3 is 0 Å². The van der Waals surface area contributed by atoms with E-state index in [1.807, 2.05) is 12.2 Å². The molecule has 1 aliphatic carbocycles. The van der Waals surface area contributed by atoms with E-state index in [9.17, 15) is 0 Å². The number of allylic oxidation sites excluding steroid dienone is 2. The molecule has 2 heteroatoms. The smallest absolute Gasteiger partial charge is 0.0423 e. The van der Waals surface area contributed by atoms with E-state index in [1.54, 1.807) is 0 Å². The van der Waals surface area contributed by atoms with Crippen LogP contribution in [0.1, 0.15) is 26.7 Å². The fourth-order valence-electron chi connectivity index (χ4n) is 1.86. The first-order chi connectivity index (χ1) is 5.64. The third-order valence-corrected chi connectivity index (χ3v) is 2.77. The van der Waals surface area contributed by atoms with Crippen molar-refractivity contribution >= 4 is 0 Å². The van der Waals surface area contributed by atoms with Gasteiger partial charge < -0.3 is 11.5 Å². The molecule has 0 saturated carbocycles. The molecule has 0 aromatic rings. The van der Waals surface area contributed by atoms with E-state index in [-0.39, 0.29) is 5.54 Å². The average Bonchev–Trinajstić information content (AvgIpc) is 2.05. The van der Waals surface area contributed by atoms with Crippen LogP contribution in [0.3, 0.4) is 0 Å². The lowest BCUT2D eigenvalue weighted by atomic mass is 9.76. The Kier molecular flexibility index (Phi) is 2.58. The van der Waals surface area contributed by atoms with Gasteiger partial charge in [0.1, 0.15) is 0 Å². The van der Waals surface area contributed by atoms with Crippen molar-refractivity contribution in [3.63, 3.8) is 0 Å². The van der Waals surface area contributed by atoms with Crippen molar-refractivity contribution in [2.45, 2.75) is 32.2 Å². The lowest BCUT2D eigenvalue weighted by molar-refractivity contribution is 0.350. The summed E-state index contributed by atoms with van der Waals surface area (Å²) in [6.45, 7) is 4.23. The summed E-state index contributed by atoms with van der Waals surface area (Å²) in [4.78, 5) is 0. The van der Waals surface area contributed by atoms with Crippen molar-refractivity contribution in [3.8, 4) is 0 Å². The van der Waals surface area contributed by atoms with Gasteiger partial charge in [-0.05, 0) is 18.9 Å². The first-order valence-corrected chi connectivity index (χ1v) is 4.57. The predicted octanol–water partition coefficient (Wildman–Crippen LogP) is 1.53. The largest absolute Gasteiger partial charge is 0.402 e. The monoisotopic (exact) mass is 166 g/mol. The molecule has 2 unspecified atom stereocenters. The van der Waals surface area contributed by atoms with E-state index >= 15 is 0 Å². The van der Waals surface area contributed by atoms with Gasteiger partial charge in [0.15, 0.2) is 0 Å². The molecule has 1 aliphatic rings. The molecule has 4 N–H and O–H groups in total. The van der Waals surface area contributed by atoms with Crippen LogP contribution in [-0.2, 0) is 0 Å². The Morgan fingerprint density at radius 1 is 1.50 bits per heavy atom. The molecule has 2 atom stereocenters. The summed E-state index contributed by atoms with van der Waals surface area (Å²) in [5, 5.41) is 0. The fraction of sp³-hybridized carbons (Fsp3) is 0.600. The number of rotatable bonds is 2. The Morgan fingerprint density at radius 3 is 2.58 bits per heavy atom. The Bertz CT molecular complexity index is 218. The molecule has 0 bridgehead atoms. The minimum absolute atomic E-state index is 0.215. The Balaban J connectivity index is 2.91. The predicted molar refractivity (Wildman–Crippen MR) is 52.4 cm³/mol. The van der Waals surface area contributed by atoms with E-state index in [0.29, 0.717) is 5.92 Å². The molecule has 0 fully saturated rings. The maximum absolute atomic E-state index is 6.20. The summed E-state index contributed by atoms with van der Waals surface area (Å²) in [5.74, 6) is 0.312. The zero-order valence-corrected chi connectivity index (χ0v) is 7.88. The Labute approximate surface area is 74.3 Å². The molecule has 0 spiro atoms. The lowest BCUT2D eigenvalue weighted by Gasteiger charge is -2.36. The van der Waals surface area contributed by atoms with Crippen LogP contribution in [0.4, 0.5) is 0 Å². The normalized spacial score (nSPS) is 34.9. The van der Waals surface area contributed by atoms with Gasteiger partial charge in [-0.25, -0.2) is 0 Å². The molecule has 0 saturated heterocycles. The van der Waals surface area contributed by atoms with Crippen LogP contribution in [-0.4, -0.2) is 5.54 Å². The number of hydrogen-bond acceptors (Lipinski definition) is 2. The van der Waals surface area contributed by atoms with Gasteiger partial charge in [0.05, 0.1) is 0 Å². The van der Waals surface area contributed by atoms with Crippen LogP contribution in [0.2, 0.25) is 0 Å². The molecule has 0 amide bonds. The molecule has 2 nitrogen and oxygen atoms in total. The van der Waals surface area contributed by atoms with E-state index in [1.165, 1.54) is 0 Å². The molecule has 1 rings (SSSR count). The molecular formula is C10H18N2.